The first-order valence-electron chi connectivity index (χ1n) is 19.9. The zero-order valence-corrected chi connectivity index (χ0v) is 32.4. The zero-order valence-electron chi connectivity index (χ0n) is 31.6. The van der Waals surface area contributed by atoms with Crippen LogP contribution in [0.25, 0.3) is 96.3 Å². The number of thiophene rings is 1. The molecule has 0 aliphatic carbocycles. The lowest BCUT2D eigenvalue weighted by molar-refractivity contribution is 1.29. The van der Waals surface area contributed by atoms with Gasteiger partial charge in [-0.25, -0.2) is 0 Å². The van der Waals surface area contributed by atoms with Crippen LogP contribution in [0.4, 0.5) is 17.1 Å². The van der Waals surface area contributed by atoms with Gasteiger partial charge in [-0.05, 0) is 131 Å². The van der Waals surface area contributed by atoms with E-state index in [1.54, 1.807) is 0 Å². The van der Waals surface area contributed by atoms with Gasteiger partial charge in [0.25, 0.3) is 0 Å². The Labute approximate surface area is 340 Å². The smallest absolute Gasteiger partial charge is 0.0468 e. The summed E-state index contributed by atoms with van der Waals surface area (Å²) in [7, 11) is 0. The molecule has 2 heteroatoms. The molecule has 0 N–H and O–H groups in total. The molecule has 0 unspecified atom stereocenters. The minimum Gasteiger partial charge on any atom is -0.310 e. The number of rotatable bonds is 5. The second-order valence-electron chi connectivity index (χ2n) is 15.3. The van der Waals surface area contributed by atoms with E-state index in [0.29, 0.717) is 0 Å². The number of hydrogen-bond acceptors (Lipinski definition) is 2. The Morgan fingerprint density at radius 3 is 1.62 bits per heavy atom. The van der Waals surface area contributed by atoms with Gasteiger partial charge in [-0.3, -0.25) is 0 Å². The van der Waals surface area contributed by atoms with Crippen molar-refractivity contribution in [3.8, 4) is 22.3 Å². The van der Waals surface area contributed by atoms with Gasteiger partial charge < -0.3 is 4.90 Å². The van der Waals surface area contributed by atoms with E-state index in [1.807, 2.05) is 11.3 Å². The van der Waals surface area contributed by atoms with E-state index in [0.717, 1.165) is 17.1 Å². The molecule has 0 amide bonds. The molecule has 12 rings (SSSR count). The third-order valence-corrected chi connectivity index (χ3v) is 13.1. The van der Waals surface area contributed by atoms with Crippen LogP contribution >= 0.6 is 11.3 Å². The van der Waals surface area contributed by atoms with Gasteiger partial charge in [0.05, 0.1) is 0 Å². The van der Waals surface area contributed by atoms with Gasteiger partial charge in [-0.15, -0.1) is 11.3 Å². The third kappa shape index (κ3) is 5.30. The molecule has 0 bridgehead atoms. The largest absolute Gasteiger partial charge is 0.310 e. The molecular formula is C56H35NS. The summed E-state index contributed by atoms with van der Waals surface area (Å²) >= 11 is 1.86. The maximum atomic E-state index is 2.42. The highest BCUT2D eigenvalue weighted by Crippen LogP contribution is 2.43. The van der Waals surface area contributed by atoms with Crippen molar-refractivity contribution in [1.29, 1.82) is 0 Å². The molecule has 1 nitrogen and oxygen atoms in total. The minimum absolute atomic E-state index is 1.11. The van der Waals surface area contributed by atoms with Crippen molar-refractivity contribution in [1.82, 2.24) is 0 Å². The highest BCUT2D eigenvalue weighted by molar-refractivity contribution is 7.25. The Morgan fingerprint density at radius 2 is 0.810 bits per heavy atom. The molecule has 1 aromatic heterocycles. The van der Waals surface area contributed by atoms with Gasteiger partial charge in [-0.1, -0.05) is 158 Å². The summed E-state index contributed by atoms with van der Waals surface area (Å²) < 4.78 is 2.61. The van der Waals surface area contributed by atoms with Crippen molar-refractivity contribution in [2.24, 2.45) is 0 Å². The molecule has 0 spiro atoms. The van der Waals surface area contributed by atoms with Crippen molar-refractivity contribution in [2.45, 2.75) is 0 Å². The quantitative estimate of drug-likeness (QED) is 0.158. The molecule has 0 saturated heterocycles. The second-order valence-corrected chi connectivity index (χ2v) is 16.4. The van der Waals surface area contributed by atoms with Crippen LogP contribution in [0.15, 0.2) is 212 Å². The van der Waals surface area contributed by atoms with Crippen LogP contribution in [0.3, 0.4) is 0 Å². The van der Waals surface area contributed by atoms with Crippen molar-refractivity contribution >= 4 is 102 Å². The lowest BCUT2D eigenvalue weighted by Gasteiger charge is -2.26. The zero-order chi connectivity index (χ0) is 38.2. The Balaban J connectivity index is 1.03. The molecule has 11 aromatic carbocycles. The second kappa shape index (κ2) is 13.2. The fourth-order valence-corrected chi connectivity index (χ4v) is 10.3. The van der Waals surface area contributed by atoms with Gasteiger partial charge in [0.15, 0.2) is 0 Å². The molecule has 0 saturated carbocycles. The SMILES string of the molecule is c1cc(-c2ccc3ccc4ccc5ccc6ccccc6c5c4c3c2)cc(N(c2ccc(-c3cccc4ccccc34)cc2)c2ccc3sc4ccccc4c3c2)c1. The van der Waals surface area contributed by atoms with Crippen LogP contribution < -0.4 is 4.90 Å². The van der Waals surface area contributed by atoms with Crippen LogP contribution in [0.1, 0.15) is 0 Å². The first-order valence-corrected chi connectivity index (χ1v) is 20.7. The van der Waals surface area contributed by atoms with E-state index < -0.39 is 0 Å². The minimum atomic E-state index is 1.11. The molecule has 12 aromatic rings. The molecule has 1 heterocycles. The van der Waals surface area contributed by atoms with Gasteiger partial charge in [0, 0.05) is 37.2 Å². The van der Waals surface area contributed by atoms with Gasteiger partial charge in [0.2, 0.25) is 0 Å². The number of hydrogen-bond donors (Lipinski definition) is 0. The Hall–Kier alpha value is -7.26. The molecule has 0 aliphatic heterocycles. The van der Waals surface area contributed by atoms with Crippen molar-refractivity contribution in [3.05, 3.63) is 212 Å². The maximum Gasteiger partial charge on any atom is 0.0468 e. The van der Waals surface area contributed by atoms with Crippen molar-refractivity contribution in [3.63, 3.8) is 0 Å². The van der Waals surface area contributed by atoms with E-state index in [4.69, 9.17) is 0 Å². The monoisotopic (exact) mass is 753 g/mol. The summed E-state index contributed by atoms with van der Waals surface area (Å²) in [6, 6.07) is 78.4. The first kappa shape index (κ1) is 32.9. The Morgan fingerprint density at radius 1 is 0.276 bits per heavy atom. The molecule has 0 aliphatic rings. The van der Waals surface area contributed by atoms with E-state index >= 15 is 0 Å². The molecule has 58 heavy (non-hydrogen) atoms. The molecular weight excluding hydrogens is 719 g/mol. The first-order chi connectivity index (χ1) is 28.7. The Kier molecular flexibility index (Phi) is 7.47. The average molecular weight is 754 g/mol. The summed E-state index contributed by atoms with van der Waals surface area (Å²) in [5.74, 6) is 0. The summed E-state index contributed by atoms with van der Waals surface area (Å²) in [6.45, 7) is 0. The topological polar surface area (TPSA) is 3.24 Å². The van der Waals surface area contributed by atoms with Gasteiger partial charge >= 0.3 is 0 Å². The van der Waals surface area contributed by atoms with Crippen LogP contribution in [-0.2, 0) is 0 Å². The van der Waals surface area contributed by atoms with Gasteiger partial charge in [0.1, 0.15) is 0 Å². The third-order valence-electron chi connectivity index (χ3n) is 12.0. The highest BCUT2D eigenvalue weighted by atomic mass is 32.1. The molecule has 0 radical (unpaired) electrons. The van der Waals surface area contributed by atoms with Crippen LogP contribution in [-0.4, -0.2) is 0 Å². The van der Waals surface area contributed by atoms with Crippen LogP contribution in [0.5, 0.6) is 0 Å². The van der Waals surface area contributed by atoms with Crippen molar-refractivity contribution < 1.29 is 0 Å². The average Bonchev–Trinajstić information content (AvgIpc) is 3.67. The van der Waals surface area contributed by atoms with Crippen LogP contribution in [0, 0.1) is 0 Å². The molecule has 270 valence electrons. The van der Waals surface area contributed by atoms with E-state index in [1.165, 1.54) is 96.3 Å². The van der Waals surface area contributed by atoms with E-state index in [-0.39, 0.29) is 0 Å². The molecule has 0 atom stereocenters. The molecule has 0 fully saturated rings. The number of anilines is 3. The normalized spacial score (nSPS) is 11.8. The summed E-state index contributed by atoms with van der Waals surface area (Å²) in [5, 5.41) is 15.3. The summed E-state index contributed by atoms with van der Waals surface area (Å²) in [5.41, 5.74) is 8.19. The summed E-state index contributed by atoms with van der Waals surface area (Å²) in [4.78, 5) is 2.42. The Bertz CT molecular complexity index is 3560. The van der Waals surface area contributed by atoms with E-state index in [2.05, 4.69) is 217 Å². The maximum absolute atomic E-state index is 2.42. The lowest BCUT2D eigenvalue weighted by Crippen LogP contribution is -2.10. The fourth-order valence-electron chi connectivity index (χ4n) is 9.21. The number of fused-ring (bicyclic) bond motifs is 11. The fraction of sp³-hybridized carbons (Fsp3) is 0. The van der Waals surface area contributed by atoms with Crippen molar-refractivity contribution in [2.75, 3.05) is 4.90 Å². The number of nitrogens with zero attached hydrogens (tertiary/aromatic N) is 1. The summed E-state index contributed by atoms with van der Waals surface area (Å²) in [6.07, 6.45) is 0. The highest BCUT2D eigenvalue weighted by Gasteiger charge is 2.17. The standard InChI is InChI=1S/C56H35NS/c1-3-14-47-36(9-1)11-8-17-48(47)38-27-29-44(30-28-38)57(46-31-32-54-52(35-46)50-16-5-6-18-53(50)58-54)45-13-7-12-42(33-45)43-26-21-39-20-23-41-25-24-40-22-19-37-10-2-4-15-49(37)55(40)56(41)51(39)34-43/h1-35H. The predicted octanol–water partition coefficient (Wildman–Crippen LogP) is 16.6. The van der Waals surface area contributed by atoms with E-state index in [9.17, 15) is 0 Å². The van der Waals surface area contributed by atoms with Crippen LogP contribution in [0.2, 0.25) is 0 Å². The van der Waals surface area contributed by atoms with Gasteiger partial charge in [-0.2, -0.15) is 0 Å². The lowest BCUT2D eigenvalue weighted by atomic mass is 9.91. The number of benzene rings is 11. The predicted molar refractivity (Wildman–Crippen MR) is 252 cm³/mol.